The molecular weight excluding hydrogens is 251 g/mol. The monoisotopic (exact) mass is 274 g/mol. The minimum absolute atomic E-state index is 0.285. The zero-order chi connectivity index (χ0) is 14.5. The Hall–Kier alpha value is -0.995. The molecule has 0 saturated carbocycles. The van der Waals surface area contributed by atoms with Crippen LogP contribution in [0, 0.1) is 6.92 Å². The van der Waals surface area contributed by atoms with Crippen LogP contribution in [0.4, 0.5) is 0 Å². The molecule has 0 bridgehead atoms. The van der Waals surface area contributed by atoms with Gasteiger partial charge in [-0.25, -0.2) is 0 Å². The van der Waals surface area contributed by atoms with Crippen molar-refractivity contribution in [2.45, 2.75) is 58.7 Å². The van der Waals surface area contributed by atoms with Gasteiger partial charge in [0.15, 0.2) is 0 Å². The van der Waals surface area contributed by atoms with Crippen LogP contribution in [-0.4, -0.2) is 24.9 Å². The number of hydrogen-bond donors (Lipinski definition) is 0. The molecule has 0 unspecified atom stereocenters. The van der Waals surface area contributed by atoms with Gasteiger partial charge in [0, 0.05) is 0 Å². The number of aryl methyl sites for hydroxylation is 2. The van der Waals surface area contributed by atoms with Crippen molar-refractivity contribution in [3.05, 3.63) is 23.3 Å². The summed E-state index contributed by atoms with van der Waals surface area (Å²) >= 11 is 0. The van der Waals surface area contributed by atoms with Gasteiger partial charge in [-0.2, -0.15) is 0 Å². The second kappa shape index (κ2) is 4.50. The first-order valence-corrected chi connectivity index (χ1v) is 7.42. The van der Waals surface area contributed by atoms with Gasteiger partial charge >= 0.3 is 7.12 Å². The van der Waals surface area contributed by atoms with E-state index in [-0.39, 0.29) is 18.3 Å². The first-order valence-electron chi connectivity index (χ1n) is 7.42. The third kappa shape index (κ3) is 2.15. The van der Waals surface area contributed by atoms with Crippen molar-refractivity contribution in [2.24, 2.45) is 0 Å². The van der Waals surface area contributed by atoms with Crippen LogP contribution < -0.4 is 10.2 Å². The normalized spacial score (nSPS) is 23.4. The van der Waals surface area contributed by atoms with Gasteiger partial charge in [0.05, 0.1) is 17.8 Å². The fraction of sp³-hybridized carbons (Fsp3) is 0.625. The number of benzene rings is 1. The van der Waals surface area contributed by atoms with Gasteiger partial charge in [-0.15, -0.1) is 0 Å². The van der Waals surface area contributed by atoms with Crippen molar-refractivity contribution in [1.29, 1.82) is 0 Å². The summed E-state index contributed by atoms with van der Waals surface area (Å²) in [5, 5.41) is 0. The Morgan fingerprint density at radius 2 is 1.70 bits per heavy atom. The smallest absolute Gasteiger partial charge is 0.493 e. The van der Waals surface area contributed by atoms with Crippen molar-refractivity contribution >= 4 is 12.6 Å². The molecule has 108 valence electrons. The zero-order valence-electron chi connectivity index (χ0n) is 13.1. The molecule has 2 aliphatic heterocycles. The highest BCUT2D eigenvalue weighted by Crippen LogP contribution is 2.37. The minimum Gasteiger partial charge on any atom is -0.493 e. The van der Waals surface area contributed by atoms with Gasteiger partial charge in [-0.1, -0.05) is 6.07 Å². The Morgan fingerprint density at radius 1 is 1.05 bits per heavy atom. The highest BCUT2D eigenvalue weighted by atomic mass is 16.7. The summed E-state index contributed by atoms with van der Waals surface area (Å²) in [4.78, 5) is 0. The van der Waals surface area contributed by atoms with Gasteiger partial charge in [0.25, 0.3) is 0 Å². The van der Waals surface area contributed by atoms with E-state index in [0.717, 1.165) is 30.7 Å². The summed E-state index contributed by atoms with van der Waals surface area (Å²) in [6.07, 6.45) is 2.15. The van der Waals surface area contributed by atoms with E-state index >= 15 is 0 Å². The summed E-state index contributed by atoms with van der Waals surface area (Å²) in [6, 6.07) is 4.32. The van der Waals surface area contributed by atoms with Gasteiger partial charge in [0.1, 0.15) is 5.75 Å². The predicted octanol–water partition coefficient (Wildman–Crippen LogP) is 2.62. The molecule has 1 aromatic carbocycles. The third-order valence-corrected chi connectivity index (χ3v) is 4.80. The standard InChI is InChI=1S/C16H23BO3/c1-11-9-14-12(7-6-8-18-14)10-13(11)17-19-15(2,3)16(4,5)20-17/h9-10H,6-8H2,1-5H3. The molecule has 2 aliphatic rings. The Morgan fingerprint density at radius 3 is 2.35 bits per heavy atom. The first-order chi connectivity index (χ1) is 9.30. The molecule has 2 heterocycles. The van der Waals surface area contributed by atoms with Crippen molar-refractivity contribution in [2.75, 3.05) is 6.61 Å². The molecule has 0 atom stereocenters. The summed E-state index contributed by atoms with van der Waals surface area (Å²) < 4.78 is 18.0. The highest BCUT2D eigenvalue weighted by molar-refractivity contribution is 6.62. The third-order valence-electron chi connectivity index (χ3n) is 4.80. The summed E-state index contributed by atoms with van der Waals surface area (Å²) in [7, 11) is -0.285. The largest absolute Gasteiger partial charge is 0.495 e. The van der Waals surface area contributed by atoms with Crippen molar-refractivity contribution in [1.82, 2.24) is 0 Å². The molecule has 1 fully saturated rings. The quantitative estimate of drug-likeness (QED) is 0.737. The van der Waals surface area contributed by atoms with E-state index in [2.05, 4.69) is 46.8 Å². The first kappa shape index (κ1) is 14.0. The predicted molar refractivity (Wildman–Crippen MR) is 80.7 cm³/mol. The zero-order valence-corrected chi connectivity index (χ0v) is 13.1. The second-order valence-electron chi connectivity index (χ2n) is 6.86. The lowest BCUT2D eigenvalue weighted by Gasteiger charge is -2.32. The molecule has 0 aromatic heterocycles. The molecule has 0 N–H and O–H groups in total. The lowest BCUT2D eigenvalue weighted by atomic mass is 9.75. The lowest BCUT2D eigenvalue weighted by molar-refractivity contribution is 0.00578. The molecule has 0 radical (unpaired) electrons. The molecule has 3 nitrogen and oxygen atoms in total. The van der Waals surface area contributed by atoms with Gasteiger partial charge < -0.3 is 14.0 Å². The van der Waals surface area contributed by atoms with E-state index in [1.165, 1.54) is 11.1 Å². The van der Waals surface area contributed by atoms with E-state index in [1.54, 1.807) is 0 Å². The SMILES string of the molecule is Cc1cc2c(cc1B1OC(C)(C)C(C)(C)O1)CCCO2. The molecule has 4 heteroatoms. The molecule has 20 heavy (non-hydrogen) atoms. The average Bonchev–Trinajstić information content (AvgIpc) is 2.57. The van der Waals surface area contributed by atoms with Crippen LogP contribution in [0.1, 0.15) is 45.2 Å². The Bertz CT molecular complexity index is 521. The minimum atomic E-state index is -0.295. The Kier molecular flexibility index (Phi) is 3.14. The van der Waals surface area contributed by atoms with Gasteiger partial charge in [0.2, 0.25) is 0 Å². The van der Waals surface area contributed by atoms with Crippen LogP contribution in [0.5, 0.6) is 5.75 Å². The van der Waals surface area contributed by atoms with Crippen LogP contribution >= 0.6 is 0 Å². The van der Waals surface area contributed by atoms with Gasteiger partial charge in [-0.05, 0) is 70.1 Å². The van der Waals surface area contributed by atoms with Crippen LogP contribution in [0.15, 0.2) is 12.1 Å². The molecule has 0 aliphatic carbocycles. The summed E-state index contributed by atoms with van der Waals surface area (Å²) in [5.41, 5.74) is 2.98. The molecule has 0 amide bonds. The van der Waals surface area contributed by atoms with E-state index in [1.807, 2.05) is 0 Å². The topological polar surface area (TPSA) is 27.7 Å². The van der Waals surface area contributed by atoms with E-state index in [9.17, 15) is 0 Å². The van der Waals surface area contributed by atoms with E-state index in [0.29, 0.717) is 0 Å². The maximum Gasteiger partial charge on any atom is 0.495 e. The fourth-order valence-corrected chi connectivity index (χ4v) is 2.74. The van der Waals surface area contributed by atoms with Crippen molar-refractivity contribution in [3.63, 3.8) is 0 Å². The molecule has 3 rings (SSSR count). The number of ether oxygens (including phenoxy) is 1. The fourth-order valence-electron chi connectivity index (χ4n) is 2.74. The van der Waals surface area contributed by atoms with Crippen LogP contribution in [0.3, 0.4) is 0 Å². The van der Waals surface area contributed by atoms with Gasteiger partial charge in [-0.3, -0.25) is 0 Å². The van der Waals surface area contributed by atoms with Crippen LogP contribution in [-0.2, 0) is 15.7 Å². The Balaban J connectivity index is 1.96. The lowest BCUT2D eigenvalue weighted by Crippen LogP contribution is -2.41. The second-order valence-corrected chi connectivity index (χ2v) is 6.86. The number of hydrogen-bond acceptors (Lipinski definition) is 3. The van der Waals surface area contributed by atoms with Crippen LogP contribution in [0.2, 0.25) is 0 Å². The van der Waals surface area contributed by atoms with Crippen molar-refractivity contribution in [3.8, 4) is 5.75 Å². The molecule has 1 saturated heterocycles. The molecular formula is C16H23BO3. The van der Waals surface area contributed by atoms with Crippen molar-refractivity contribution < 1.29 is 14.0 Å². The number of fused-ring (bicyclic) bond motifs is 1. The van der Waals surface area contributed by atoms with E-state index in [4.69, 9.17) is 14.0 Å². The molecule has 1 aromatic rings. The maximum absolute atomic E-state index is 6.16. The average molecular weight is 274 g/mol. The Labute approximate surface area is 121 Å². The summed E-state index contributed by atoms with van der Waals surface area (Å²) in [6.45, 7) is 11.3. The highest BCUT2D eigenvalue weighted by Gasteiger charge is 2.52. The maximum atomic E-state index is 6.16. The van der Waals surface area contributed by atoms with Crippen LogP contribution in [0.25, 0.3) is 0 Å². The molecule has 0 spiro atoms. The summed E-state index contributed by atoms with van der Waals surface area (Å²) in [5.74, 6) is 1.02. The number of rotatable bonds is 1. The van der Waals surface area contributed by atoms with E-state index < -0.39 is 0 Å².